The largest absolute Gasteiger partial charge is 0.492 e. The highest BCUT2D eigenvalue weighted by Crippen LogP contribution is 2.28. The summed E-state index contributed by atoms with van der Waals surface area (Å²) in [6.07, 6.45) is 0. The van der Waals surface area contributed by atoms with Crippen molar-refractivity contribution in [2.75, 3.05) is 6.61 Å². The SMILES string of the molecule is CCOc1ccc(C(=O)NC(C)C)cc1S(=O)(=O)Cl. The maximum atomic E-state index is 11.8. The van der Waals surface area contributed by atoms with Gasteiger partial charge in [0.25, 0.3) is 15.0 Å². The number of hydrogen-bond acceptors (Lipinski definition) is 4. The molecule has 19 heavy (non-hydrogen) atoms. The minimum atomic E-state index is -3.97. The van der Waals surface area contributed by atoms with Gasteiger partial charge in [0.15, 0.2) is 0 Å². The molecular weight excluding hydrogens is 290 g/mol. The lowest BCUT2D eigenvalue weighted by atomic mass is 10.2. The maximum absolute atomic E-state index is 11.8. The number of benzene rings is 1. The summed E-state index contributed by atoms with van der Waals surface area (Å²) in [5.74, 6) is -0.224. The predicted octanol–water partition coefficient (Wildman–Crippen LogP) is 2.15. The van der Waals surface area contributed by atoms with Crippen molar-refractivity contribution in [1.82, 2.24) is 5.32 Å². The van der Waals surface area contributed by atoms with Crippen LogP contribution in [0.3, 0.4) is 0 Å². The summed E-state index contributed by atoms with van der Waals surface area (Å²) in [6.45, 7) is 5.65. The van der Waals surface area contributed by atoms with Gasteiger partial charge in [-0.1, -0.05) is 0 Å². The summed E-state index contributed by atoms with van der Waals surface area (Å²) in [4.78, 5) is 11.6. The van der Waals surface area contributed by atoms with Gasteiger partial charge < -0.3 is 10.1 Å². The van der Waals surface area contributed by atoms with Crippen LogP contribution in [-0.4, -0.2) is 27.0 Å². The molecule has 0 saturated heterocycles. The summed E-state index contributed by atoms with van der Waals surface area (Å²) in [6, 6.07) is 4.09. The fourth-order valence-electron chi connectivity index (χ4n) is 1.46. The lowest BCUT2D eigenvalue weighted by molar-refractivity contribution is 0.0943. The van der Waals surface area contributed by atoms with Crippen molar-refractivity contribution in [3.63, 3.8) is 0 Å². The van der Waals surface area contributed by atoms with Crippen LogP contribution >= 0.6 is 10.7 Å². The molecule has 1 aromatic carbocycles. The molecule has 0 spiro atoms. The third-order valence-corrected chi connectivity index (χ3v) is 3.53. The molecule has 1 aromatic rings. The summed E-state index contributed by atoms with van der Waals surface area (Å²) in [7, 11) is 1.37. The van der Waals surface area contributed by atoms with E-state index in [1.165, 1.54) is 18.2 Å². The van der Waals surface area contributed by atoms with Gasteiger partial charge in [-0.25, -0.2) is 8.42 Å². The maximum Gasteiger partial charge on any atom is 0.265 e. The lowest BCUT2D eigenvalue weighted by Gasteiger charge is -2.11. The van der Waals surface area contributed by atoms with E-state index in [0.29, 0.717) is 6.61 Å². The minimum absolute atomic E-state index is 0.0462. The summed E-state index contributed by atoms with van der Waals surface area (Å²) >= 11 is 0. The Bertz CT molecular complexity index is 569. The Balaban J connectivity index is 3.22. The molecule has 0 fully saturated rings. The molecule has 0 radical (unpaired) electrons. The Labute approximate surface area is 117 Å². The first-order valence-corrected chi connectivity index (χ1v) is 8.09. The molecule has 0 aromatic heterocycles. The standard InChI is InChI=1S/C12H16ClNO4S/c1-4-18-10-6-5-9(12(15)14-8(2)3)7-11(10)19(13,16)17/h5-8H,4H2,1-3H3,(H,14,15). The highest BCUT2D eigenvalue weighted by molar-refractivity contribution is 8.13. The van der Waals surface area contributed by atoms with Crippen LogP contribution in [0.5, 0.6) is 5.75 Å². The van der Waals surface area contributed by atoms with Crippen molar-refractivity contribution >= 4 is 25.6 Å². The third kappa shape index (κ3) is 4.40. The van der Waals surface area contributed by atoms with E-state index < -0.39 is 9.05 Å². The smallest absolute Gasteiger partial charge is 0.265 e. The van der Waals surface area contributed by atoms with Crippen LogP contribution in [-0.2, 0) is 9.05 Å². The second kappa shape index (κ2) is 6.25. The third-order valence-electron chi connectivity index (χ3n) is 2.19. The zero-order valence-electron chi connectivity index (χ0n) is 10.9. The molecule has 1 N–H and O–H groups in total. The molecule has 0 saturated carbocycles. The van der Waals surface area contributed by atoms with Crippen LogP contribution in [0, 0.1) is 0 Å². The van der Waals surface area contributed by atoms with Crippen LogP contribution in [0.15, 0.2) is 23.1 Å². The Morgan fingerprint density at radius 2 is 2.05 bits per heavy atom. The average molecular weight is 306 g/mol. The van der Waals surface area contributed by atoms with Crippen molar-refractivity contribution in [2.45, 2.75) is 31.7 Å². The Hall–Kier alpha value is -1.27. The molecule has 5 nitrogen and oxygen atoms in total. The normalized spacial score (nSPS) is 11.4. The monoisotopic (exact) mass is 305 g/mol. The quantitative estimate of drug-likeness (QED) is 0.846. The van der Waals surface area contributed by atoms with E-state index in [1.54, 1.807) is 6.92 Å². The van der Waals surface area contributed by atoms with Crippen molar-refractivity contribution in [2.24, 2.45) is 0 Å². The molecule has 1 rings (SSSR count). The number of carbonyl (C=O) groups is 1. The zero-order chi connectivity index (χ0) is 14.6. The predicted molar refractivity (Wildman–Crippen MR) is 73.3 cm³/mol. The number of nitrogens with one attached hydrogen (secondary N) is 1. The number of rotatable bonds is 5. The fraction of sp³-hybridized carbons (Fsp3) is 0.417. The van der Waals surface area contributed by atoms with E-state index in [2.05, 4.69) is 5.32 Å². The molecule has 0 aliphatic heterocycles. The minimum Gasteiger partial charge on any atom is -0.492 e. The van der Waals surface area contributed by atoms with E-state index in [-0.39, 0.29) is 28.2 Å². The fourth-order valence-corrected chi connectivity index (χ4v) is 2.46. The second-order valence-corrected chi connectivity index (χ2v) is 6.69. The first kappa shape index (κ1) is 15.8. The molecule has 0 unspecified atom stereocenters. The van der Waals surface area contributed by atoms with Crippen molar-refractivity contribution in [3.8, 4) is 5.75 Å². The van der Waals surface area contributed by atoms with Crippen LogP contribution < -0.4 is 10.1 Å². The van der Waals surface area contributed by atoms with Gasteiger partial charge in [-0.05, 0) is 39.0 Å². The van der Waals surface area contributed by atoms with Crippen molar-refractivity contribution in [1.29, 1.82) is 0 Å². The molecule has 0 bridgehead atoms. The van der Waals surface area contributed by atoms with Crippen LogP contribution in [0.4, 0.5) is 0 Å². The topological polar surface area (TPSA) is 72.5 Å². The summed E-state index contributed by atoms with van der Waals surface area (Å²) in [5.41, 5.74) is 0.219. The van der Waals surface area contributed by atoms with Gasteiger partial charge in [-0.15, -0.1) is 0 Å². The van der Waals surface area contributed by atoms with Crippen LogP contribution in [0.2, 0.25) is 0 Å². The molecule has 1 amide bonds. The molecule has 7 heteroatoms. The highest BCUT2D eigenvalue weighted by atomic mass is 35.7. The first-order chi connectivity index (χ1) is 8.75. The Kier molecular flexibility index (Phi) is 5.20. The number of carbonyl (C=O) groups excluding carboxylic acids is 1. The van der Waals surface area contributed by atoms with Crippen LogP contribution in [0.1, 0.15) is 31.1 Å². The second-order valence-electron chi connectivity index (χ2n) is 4.16. The average Bonchev–Trinajstić information content (AvgIpc) is 2.27. The number of halogens is 1. The Morgan fingerprint density at radius 3 is 2.53 bits per heavy atom. The van der Waals surface area contributed by atoms with E-state index >= 15 is 0 Å². The van der Waals surface area contributed by atoms with Gasteiger partial charge in [0.1, 0.15) is 10.6 Å². The van der Waals surface area contributed by atoms with Gasteiger partial charge >= 0.3 is 0 Å². The Morgan fingerprint density at radius 1 is 1.42 bits per heavy atom. The lowest BCUT2D eigenvalue weighted by Crippen LogP contribution is -2.30. The molecule has 0 aliphatic rings. The van der Waals surface area contributed by atoms with E-state index in [4.69, 9.17) is 15.4 Å². The van der Waals surface area contributed by atoms with Gasteiger partial charge in [-0.2, -0.15) is 0 Å². The molecular formula is C12H16ClNO4S. The number of amides is 1. The van der Waals surface area contributed by atoms with E-state index in [1.807, 2.05) is 13.8 Å². The molecule has 0 atom stereocenters. The van der Waals surface area contributed by atoms with E-state index in [0.717, 1.165) is 0 Å². The van der Waals surface area contributed by atoms with Crippen molar-refractivity contribution in [3.05, 3.63) is 23.8 Å². The van der Waals surface area contributed by atoms with Gasteiger partial charge in [0.05, 0.1) is 6.61 Å². The van der Waals surface area contributed by atoms with Gasteiger partial charge in [0.2, 0.25) is 0 Å². The van der Waals surface area contributed by atoms with Crippen molar-refractivity contribution < 1.29 is 17.9 Å². The van der Waals surface area contributed by atoms with Crippen LogP contribution in [0.25, 0.3) is 0 Å². The zero-order valence-corrected chi connectivity index (χ0v) is 12.5. The summed E-state index contributed by atoms with van der Waals surface area (Å²) in [5, 5.41) is 2.67. The molecule has 106 valence electrons. The van der Waals surface area contributed by atoms with E-state index in [9.17, 15) is 13.2 Å². The van der Waals surface area contributed by atoms with Gasteiger partial charge in [0, 0.05) is 22.3 Å². The van der Waals surface area contributed by atoms with Gasteiger partial charge in [-0.3, -0.25) is 4.79 Å². The number of ether oxygens (including phenoxy) is 1. The molecule has 0 heterocycles. The summed E-state index contributed by atoms with van der Waals surface area (Å²) < 4.78 is 28.1. The highest BCUT2D eigenvalue weighted by Gasteiger charge is 2.19. The number of hydrogen-bond donors (Lipinski definition) is 1. The molecule has 0 aliphatic carbocycles. The first-order valence-electron chi connectivity index (χ1n) is 5.78.